The zero-order chi connectivity index (χ0) is 15.6. The van der Waals surface area contributed by atoms with Gasteiger partial charge in [-0.05, 0) is 29.7 Å². The fourth-order valence-corrected chi connectivity index (χ4v) is 2.90. The van der Waals surface area contributed by atoms with Crippen molar-refractivity contribution in [2.24, 2.45) is 0 Å². The summed E-state index contributed by atoms with van der Waals surface area (Å²) in [7, 11) is 0. The van der Waals surface area contributed by atoms with Crippen molar-refractivity contribution in [3.63, 3.8) is 0 Å². The van der Waals surface area contributed by atoms with Crippen molar-refractivity contribution in [2.75, 3.05) is 0 Å². The summed E-state index contributed by atoms with van der Waals surface area (Å²) in [6.07, 6.45) is 3.31. The summed E-state index contributed by atoms with van der Waals surface area (Å²) >= 11 is 7.80. The van der Waals surface area contributed by atoms with Crippen LogP contribution in [0.25, 0.3) is 32.8 Å². The second kappa shape index (κ2) is 5.91. The van der Waals surface area contributed by atoms with Crippen molar-refractivity contribution in [3.05, 3.63) is 59.6 Å². The first-order valence-corrected chi connectivity index (χ1v) is 8.02. The molecule has 7 heteroatoms. The molecule has 23 heavy (non-hydrogen) atoms. The summed E-state index contributed by atoms with van der Waals surface area (Å²) in [5.74, 6) is 0.774. The zero-order valence-corrected chi connectivity index (χ0v) is 13.3. The molecule has 3 heterocycles. The first-order chi connectivity index (χ1) is 11.3. The fourth-order valence-electron chi connectivity index (χ4n) is 2.06. The Morgan fingerprint density at radius 1 is 1.09 bits per heavy atom. The smallest absolute Gasteiger partial charge is 0.269 e. The minimum Gasteiger partial charge on any atom is -0.333 e. The number of hydrogen-bond donors (Lipinski definition) is 0. The third-order valence-corrected chi connectivity index (χ3v) is 4.25. The van der Waals surface area contributed by atoms with E-state index in [-0.39, 0.29) is 5.89 Å². The molecule has 0 aliphatic rings. The molecule has 0 N–H and O–H groups in total. The molecule has 3 aromatic heterocycles. The molecule has 112 valence electrons. The van der Waals surface area contributed by atoms with E-state index in [0.29, 0.717) is 16.6 Å². The molecule has 0 unspecified atom stereocenters. The van der Waals surface area contributed by atoms with Gasteiger partial charge in [0.2, 0.25) is 5.82 Å². The Morgan fingerprint density at radius 2 is 1.96 bits per heavy atom. The van der Waals surface area contributed by atoms with E-state index in [4.69, 9.17) is 16.1 Å². The summed E-state index contributed by atoms with van der Waals surface area (Å²) in [5.41, 5.74) is 2.26. The van der Waals surface area contributed by atoms with E-state index in [9.17, 15) is 0 Å². The van der Waals surface area contributed by atoms with Crippen molar-refractivity contribution in [1.29, 1.82) is 0 Å². The monoisotopic (exact) mass is 340 g/mol. The van der Waals surface area contributed by atoms with E-state index in [1.54, 1.807) is 12.3 Å². The lowest BCUT2D eigenvalue weighted by Gasteiger charge is -1.98. The van der Waals surface area contributed by atoms with E-state index in [2.05, 4.69) is 20.1 Å². The Morgan fingerprint density at radius 3 is 2.78 bits per heavy atom. The van der Waals surface area contributed by atoms with Crippen molar-refractivity contribution < 1.29 is 4.52 Å². The second-order valence-electron chi connectivity index (χ2n) is 4.68. The number of fused-ring (bicyclic) bond motifs is 1. The summed E-state index contributed by atoms with van der Waals surface area (Å²) in [5, 5.41) is 6.21. The number of para-hydroxylation sites is 2. The summed E-state index contributed by atoms with van der Waals surface area (Å²) < 4.78 is 5.21. The van der Waals surface area contributed by atoms with E-state index in [0.717, 1.165) is 15.9 Å². The lowest BCUT2D eigenvalue weighted by atomic mass is 10.3. The maximum absolute atomic E-state index is 6.27. The van der Waals surface area contributed by atoms with Gasteiger partial charge in [0.25, 0.3) is 5.89 Å². The predicted octanol–water partition coefficient (Wildman–Crippen LogP) is 4.48. The molecule has 4 rings (SSSR count). The third-order valence-electron chi connectivity index (χ3n) is 3.11. The number of rotatable bonds is 3. The number of thiophene rings is 1. The van der Waals surface area contributed by atoms with Crippen molar-refractivity contribution >= 4 is 45.1 Å². The van der Waals surface area contributed by atoms with Gasteiger partial charge in [-0.15, -0.1) is 11.3 Å². The highest BCUT2D eigenvalue weighted by atomic mass is 35.5. The Bertz CT molecular complexity index is 994. The van der Waals surface area contributed by atoms with Crippen molar-refractivity contribution in [3.8, 4) is 10.7 Å². The van der Waals surface area contributed by atoms with Crippen LogP contribution in [0.1, 0.15) is 11.6 Å². The molecule has 0 radical (unpaired) electrons. The van der Waals surface area contributed by atoms with Crippen LogP contribution in [0, 0.1) is 0 Å². The molecule has 0 amide bonds. The minimum atomic E-state index is 0.255. The van der Waals surface area contributed by atoms with Crippen molar-refractivity contribution in [2.45, 2.75) is 0 Å². The lowest BCUT2D eigenvalue weighted by molar-refractivity contribution is 0.410. The van der Waals surface area contributed by atoms with Crippen LogP contribution >= 0.6 is 22.9 Å². The summed E-state index contributed by atoms with van der Waals surface area (Å²) in [6, 6.07) is 11.5. The minimum absolute atomic E-state index is 0.255. The number of halogens is 1. The van der Waals surface area contributed by atoms with E-state index in [1.807, 2.05) is 41.8 Å². The fraction of sp³-hybridized carbons (Fsp3) is 0. The first kappa shape index (κ1) is 14.0. The molecule has 0 bridgehead atoms. The molecule has 1 aromatic carbocycles. The molecule has 0 atom stereocenters. The van der Waals surface area contributed by atoms with Gasteiger partial charge in [-0.25, -0.2) is 4.98 Å². The number of nitrogens with zero attached hydrogens (tertiary/aromatic N) is 4. The number of benzene rings is 1. The maximum Gasteiger partial charge on any atom is 0.269 e. The predicted molar refractivity (Wildman–Crippen MR) is 90.9 cm³/mol. The largest absolute Gasteiger partial charge is 0.333 e. The average molecular weight is 341 g/mol. The second-order valence-corrected chi connectivity index (χ2v) is 6.03. The molecule has 0 aliphatic carbocycles. The molecule has 0 fully saturated rings. The SMILES string of the molecule is Cl/C(=C\c1cnc2ccccc2n1)c1nc(-c2cccs2)no1. The third kappa shape index (κ3) is 2.86. The highest BCUT2D eigenvalue weighted by molar-refractivity contribution is 7.13. The molecule has 5 nitrogen and oxygen atoms in total. The summed E-state index contributed by atoms with van der Waals surface area (Å²) in [4.78, 5) is 14.1. The molecule has 0 saturated heterocycles. The van der Waals surface area contributed by atoms with E-state index >= 15 is 0 Å². The van der Waals surface area contributed by atoms with E-state index in [1.165, 1.54) is 11.3 Å². The standard InChI is InChI=1S/C16H9ClN4OS/c17-11(16-20-15(21-22-16)14-6-3-7-23-14)8-10-9-18-12-4-1-2-5-13(12)19-10/h1-9H/b11-8-. The van der Waals surface area contributed by atoms with Crippen LogP contribution in [-0.2, 0) is 0 Å². The summed E-state index contributed by atoms with van der Waals surface area (Å²) in [6.45, 7) is 0. The van der Waals surface area contributed by atoms with Crippen LogP contribution in [-0.4, -0.2) is 20.1 Å². The maximum atomic E-state index is 6.27. The molecule has 4 aromatic rings. The Balaban J connectivity index is 1.67. The average Bonchev–Trinajstić information content (AvgIpc) is 3.26. The van der Waals surface area contributed by atoms with Gasteiger partial charge in [0, 0.05) is 0 Å². The van der Waals surface area contributed by atoms with Crippen LogP contribution < -0.4 is 0 Å². The molecule has 0 saturated carbocycles. The van der Waals surface area contributed by atoms with Gasteiger partial charge in [-0.1, -0.05) is 35.0 Å². The Hall–Kier alpha value is -2.57. The molecular formula is C16H9ClN4OS. The van der Waals surface area contributed by atoms with Gasteiger partial charge < -0.3 is 4.52 Å². The lowest BCUT2D eigenvalue weighted by Crippen LogP contribution is -1.87. The Labute approximate surface area is 140 Å². The van der Waals surface area contributed by atoms with E-state index < -0.39 is 0 Å². The molecule has 0 aliphatic heterocycles. The highest BCUT2D eigenvalue weighted by Gasteiger charge is 2.12. The van der Waals surface area contributed by atoms with Crippen LogP contribution in [0.2, 0.25) is 0 Å². The van der Waals surface area contributed by atoms with Crippen LogP contribution in [0.4, 0.5) is 0 Å². The van der Waals surface area contributed by atoms with Gasteiger partial charge in [0.15, 0.2) is 0 Å². The normalized spacial score (nSPS) is 12.0. The quantitative estimate of drug-likeness (QED) is 0.550. The van der Waals surface area contributed by atoms with Crippen LogP contribution in [0.5, 0.6) is 0 Å². The molecular weight excluding hydrogens is 332 g/mol. The molecule has 0 spiro atoms. The Kier molecular flexibility index (Phi) is 3.61. The number of aromatic nitrogens is 4. The number of hydrogen-bond acceptors (Lipinski definition) is 6. The van der Waals surface area contributed by atoms with Gasteiger partial charge >= 0.3 is 0 Å². The van der Waals surface area contributed by atoms with Crippen LogP contribution in [0.15, 0.2) is 52.5 Å². The van der Waals surface area contributed by atoms with Crippen LogP contribution in [0.3, 0.4) is 0 Å². The highest BCUT2D eigenvalue weighted by Crippen LogP contribution is 2.26. The van der Waals surface area contributed by atoms with Gasteiger partial charge in [0.05, 0.1) is 27.8 Å². The first-order valence-electron chi connectivity index (χ1n) is 6.76. The zero-order valence-electron chi connectivity index (χ0n) is 11.7. The van der Waals surface area contributed by atoms with Gasteiger partial charge in [-0.2, -0.15) is 4.98 Å². The topological polar surface area (TPSA) is 64.7 Å². The van der Waals surface area contributed by atoms with Gasteiger partial charge in [0.1, 0.15) is 5.03 Å². The van der Waals surface area contributed by atoms with Crippen molar-refractivity contribution in [1.82, 2.24) is 20.1 Å². The van der Waals surface area contributed by atoms with Gasteiger partial charge in [-0.3, -0.25) is 4.98 Å².